The zero-order valence-corrected chi connectivity index (χ0v) is 15.7. The molecule has 1 fully saturated rings. The Hall–Kier alpha value is -2.15. The summed E-state index contributed by atoms with van der Waals surface area (Å²) in [7, 11) is 0. The number of fused-ring (bicyclic) bond motifs is 1. The molecule has 0 spiro atoms. The van der Waals surface area contributed by atoms with E-state index in [1.807, 2.05) is 0 Å². The molecule has 25 heavy (non-hydrogen) atoms. The van der Waals surface area contributed by atoms with Crippen molar-refractivity contribution in [3.63, 3.8) is 0 Å². The summed E-state index contributed by atoms with van der Waals surface area (Å²) in [6, 6.07) is 17.2. The number of allylic oxidation sites excluding steroid dienone is 4. The van der Waals surface area contributed by atoms with Crippen molar-refractivity contribution in [2.75, 3.05) is 0 Å². The van der Waals surface area contributed by atoms with Crippen LogP contribution in [0, 0.1) is 11.3 Å². The van der Waals surface area contributed by atoms with Crippen molar-refractivity contribution in [1.82, 2.24) is 4.98 Å². The molecule has 2 aromatic rings. The lowest BCUT2D eigenvalue weighted by Crippen LogP contribution is -2.33. The highest BCUT2D eigenvalue weighted by molar-refractivity contribution is 5.40. The van der Waals surface area contributed by atoms with E-state index in [0.29, 0.717) is 5.92 Å². The van der Waals surface area contributed by atoms with E-state index in [9.17, 15) is 0 Å². The minimum Gasteiger partial charge on any atom is -0.256 e. The second-order valence-electron chi connectivity index (χ2n) is 8.62. The monoisotopic (exact) mass is 329 g/mol. The van der Waals surface area contributed by atoms with Gasteiger partial charge in [0.2, 0.25) is 0 Å². The summed E-state index contributed by atoms with van der Waals surface area (Å²) in [4.78, 5) is 5.18. The molecule has 2 aliphatic rings. The van der Waals surface area contributed by atoms with Crippen LogP contribution in [0.5, 0.6) is 0 Å². The van der Waals surface area contributed by atoms with Crippen molar-refractivity contribution in [2.24, 2.45) is 11.3 Å². The summed E-state index contributed by atoms with van der Waals surface area (Å²) in [6.45, 7) is 9.25. The molecule has 1 heteroatoms. The normalized spacial score (nSPS) is 24.9. The minimum absolute atomic E-state index is 0.0295. The Labute approximate surface area is 151 Å². The van der Waals surface area contributed by atoms with Gasteiger partial charge in [0.1, 0.15) is 0 Å². The number of hydrogen-bond donors (Lipinski definition) is 0. The van der Waals surface area contributed by atoms with Gasteiger partial charge in [-0.25, -0.2) is 0 Å². The predicted octanol–water partition coefficient (Wildman–Crippen LogP) is 5.82. The molecule has 1 aromatic carbocycles. The number of nitrogens with zero attached hydrogens (tertiary/aromatic N) is 1. The fraction of sp³-hybridized carbons (Fsp3) is 0.375. The van der Waals surface area contributed by atoms with Gasteiger partial charge in [0.05, 0.1) is 5.69 Å². The van der Waals surface area contributed by atoms with Crippen LogP contribution in [0.25, 0.3) is 0 Å². The molecule has 0 saturated heterocycles. The van der Waals surface area contributed by atoms with Crippen molar-refractivity contribution >= 4 is 0 Å². The molecule has 4 rings (SSSR count). The molecule has 0 aliphatic heterocycles. The van der Waals surface area contributed by atoms with Crippen LogP contribution in [-0.2, 0) is 10.8 Å². The minimum atomic E-state index is -0.101. The molecule has 0 radical (unpaired) electrons. The highest BCUT2D eigenvalue weighted by Crippen LogP contribution is 2.66. The van der Waals surface area contributed by atoms with Crippen LogP contribution in [0.15, 0.2) is 72.8 Å². The fourth-order valence-corrected chi connectivity index (χ4v) is 4.46. The van der Waals surface area contributed by atoms with E-state index in [-0.39, 0.29) is 16.2 Å². The van der Waals surface area contributed by atoms with Gasteiger partial charge < -0.3 is 0 Å². The Bertz CT molecular complexity index is 841. The van der Waals surface area contributed by atoms with Crippen molar-refractivity contribution in [3.05, 3.63) is 89.8 Å². The molecule has 1 nitrogen and oxygen atoms in total. The number of rotatable bonds is 4. The smallest absolute Gasteiger partial charge is 0.0507 e. The van der Waals surface area contributed by atoms with Crippen LogP contribution in [0.4, 0.5) is 0 Å². The third-order valence-corrected chi connectivity index (χ3v) is 6.60. The van der Waals surface area contributed by atoms with Gasteiger partial charge in [0.15, 0.2) is 0 Å². The molecule has 2 atom stereocenters. The van der Waals surface area contributed by atoms with Gasteiger partial charge in [0, 0.05) is 21.9 Å². The molecular weight excluding hydrogens is 302 g/mol. The molecule has 128 valence electrons. The average Bonchev–Trinajstić information content (AvgIpc) is 3.39. The lowest BCUT2D eigenvalue weighted by atomic mass is 9.70. The van der Waals surface area contributed by atoms with Crippen molar-refractivity contribution in [3.8, 4) is 0 Å². The van der Waals surface area contributed by atoms with Gasteiger partial charge in [-0.15, -0.1) is 0 Å². The Morgan fingerprint density at radius 3 is 2.32 bits per heavy atom. The first-order valence-corrected chi connectivity index (χ1v) is 9.27. The van der Waals surface area contributed by atoms with E-state index in [0.717, 1.165) is 5.69 Å². The SMILES string of the molecule is CC(C)(c1ccccc1)c1cccc(C(C)(C)C23C=CC=CC2C3)n1. The number of benzene rings is 1. The fourth-order valence-electron chi connectivity index (χ4n) is 4.46. The van der Waals surface area contributed by atoms with Crippen molar-refractivity contribution < 1.29 is 0 Å². The van der Waals surface area contributed by atoms with E-state index < -0.39 is 0 Å². The third kappa shape index (κ3) is 2.40. The summed E-state index contributed by atoms with van der Waals surface area (Å²) in [5.74, 6) is 0.667. The Morgan fingerprint density at radius 2 is 1.60 bits per heavy atom. The molecule has 1 aromatic heterocycles. The maximum absolute atomic E-state index is 5.18. The second-order valence-corrected chi connectivity index (χ2v) is 8.62. The Balaban J connectivity index is 1.73. The Morgan fingerprint density at radius 1 is 0.880 bits per heavy atom. The van der Waals surface area contributed by atoms with Crippen LogP contribution in [0.1, 0.15) is 51.1 Å². The van der Waals surface area contributed by atoms with Crippen molar-refractivity contribution in [1.29, 1.82) is 0 Å². The first kappa shape index (κ1) is 16.3. The molecular formula is C24H27N. The Kier molecular flexibility index (Phi) is 3.54. The summed E-state index contributed by atoms with van der Waals surface area (Å²) in [5, 5.41) is 0. The van der Waals surface area contributed by atoms with E-state index in [2.05, 4.69) is 101 Å². The van der Waals surface area contributed by atoms with Gasteiger partial charge in [-0.2, -0.15) is 0 Å². The highest BCUT2D eigenvalue weighted by Gasteiger charge is 2.61. The van der Waals surface area contributed by atoms with Crippen LogP contribution in [0.2, 0.25) is 0 Å². The molecule has 0 N–H and O–H groups in total. The molecule has 2 unspecified atom stereocenters. The highest BCUT2D eigenvalue weighted by atomic mass is 14.8. The second kappa shape index (κ2) is 5.42. The predicted molar refractivity (Wildman–Crippen MR) is 105 cm³/mol. The largest absolute Gasteiger partial charge is 0.256 e. The zero-order valence-electron chi connectivity index (χ0n) is 15.7. The number of hydrogen-bond acceptors (Lipinski definition) is 1. The number of pyridine rings is 1. The van der Waals surface area contributed by atoms with E-state index >= 15 is 0 Å². The lowest BCUT2D eigenvalue weighted by molar-refractivity contribution is 0.332. The topological polar surface area (TPSA) is 12.9 Å². The van der Waals surface area contributed by atoms with Gasteiger partial charge >= 0.3 is 0 Å². The van der Waals surface area contributed by atoms with Crippen molar-refractivity contribution in [2.45, 2.75) is 44.9 Å². The molecule has 0 bridgehead atoms. The third-order valence-electron chi connectivity index (χ3n) is 6.60. The first-order valence-electron chi connectivity index (χ1n) is 9.27. The van der Waals surface area contributed by atoms with Gasteiger partial charge in [-0.05, 0) is 30.0 Å². The standard InChI is InChI=1S/C24H27N/c1-22(2,18-11-6-5-7-12-18)20-14-10-15-21(25-20)23(3,4)24-16-9-8-13-19(24)17-24/h5-16,19H,17H2,1-4H3. The summed E-state index contributed by atoms with van der Waals surface area (Å²) in [6.07, 6.45) is 10.4. The lowest BCUT2D eigenvalue weighted by Gasteiger charge is -2.35. The summed E-state index contributed by atoms with van der Waals surface area (Å²) in [5.41, 5.74) is 3.83. The molecule has 2 aliphatic carbocycles. The van der Waals surface area contributed by atoms with E-state index in [1.165, 1.54) is 17.7 Å². The average molecular weight is 329 g/mol. The van der Waals surface area contributed by atoms with Gasteiger partial charge in [-0.1, -0.05) is 88.4 Å². The summed E-state index contributed by atoms with van der Waals surface area (Å²) < 4.78 is 0. The van der Waals surface area contributed by atoms with Gasteiger partial charge in [-0.3, -0.25) is 4.98 Å². The van der Waals surface area contributed by atoms with Crippen LogP contribution in [0.3, 0.4) is 0 Å². The van der Waals surface area contributed by atoms with E-state index in [1.54, 1.807) is 0 Å². The maximum atomic E-state index is 5.18. The molecule has 0 amide bonds. The molecule has 1 heterocycles. The van der Waals surface area contributed by atoms with Crippen LogP contribution in [-0.4, -0.2) is 4.98 Å². The first-order chi connectivity index (χ1) is 11.9. The van der Waals surface area contributed by atoms with Crippen LogP contribution >= 0.6 is 0 Å². The summed E-state index contributed by atoms with van der Waals surface area (Å²) >= 11 is 0. The maximum Gasteiger partial charge on any atom is 0.0507 e. The molecule has 1 saturated carbocycles. The van der Waals surface area contributed by atoms with E-state index in [4.69, 9.17) is 4.98 Å². The quantitative estimate of drug-likeness (QED) is 0.689. The zero-order chi connectivity index (χ0) is 17.7. The number of aromatic nitrogens is 1. The van der Waals surface area contributed by atoms with Crippen LogP contribution < -0.4 is 0 Å². The van der Waals surface area contributed by atoms with Gasteiger partial charge in [0.25, 0.3) is 0 Å².